The van der Waals surface area contributed by atoms with E-state index < -0.39 is 0 Å². The molecule has 1 saturated carbocycles. The molecular formula is C16H22BrCl. The van der Waals surface area contributed by atoms with Crippen LogP contribution in [0.3, 0.4) is 0 Å². The van der Waals surface area contributed by atoms with E-state index >= 15 is 0 Å². The second kappa shape index (κ2) is 4.24. The molecule has 0 N–H and O–H groups in total. The standard InChI is InChI=1S/C16H22BrCl/c1-9-7-11(12(18)8-10(9)2)13(17)14-15(3,4)16(14,5)6/h7-8,13-14H,1-6H3. The zero-order chi connectivity index (χ0) is 13.9. The lowest BCUT2D eigenvalue weighted by atomic mass is 9.99. The van der Waals surface area contributed by atoms with Gasteiger partial charge in [-0.15, -0.1) is 0 Å². The predicted molar refractivity (Wildman–Crippen MR) is 83.6 cm³/mol. The maximum atomic E-state index is 6.42. The molecule has 0 aliphatic heterocycles. The molecule has 1 fully saturated rings. The number of rotatable bonds is 2. The fourth-order valence-corrected chi connectivity index (χ4v) is 5.34. The van der Waals surface area contributed by atoms with Gasteiger partial charge in [-0.25, -0.2) is 0 Å². The monoisotopic (exact) mass is 328 g/mol. The van der Waals surface area contributed by atoms with Crippen molar-refractivity contribution >= 4 is 27.5 Å². The Morgan fingerprint density at radius 2 is 1.50 bits per heavy atom. The first kappa shape index (κ1) is 14.4. The van der Waals surface area contributed by atoms with Gasteiger partial charge in [0.1, 0.15) is 0 Å². The highest BCUT2D eigenvalue weighted by atomic mass is 79.9. The Morgan fingerprint density at radius 3 is 1.94 bits per heavy atom. The summed E-state index contributed by atoms with van der Waals surface area (Å²) in [6, 6.07) is 4.32. The van der Waals surface area contributed by atoms with Crippen molar-refractivity contribution in [2.75, 3.05) is 0 Å². The van der Waals surface area contributed by atoms with Crippen LogP contribution in [-0.4, -0.2) is 0 Å². The van der Waals surface area contributed by atoms with Crippen LogP contribution in [0.2, 0.25) is 5.02 Å². The number of aryl methyl sites for hydroxylation is 2. The Hall–Kier alpha value is -0.0100. The lowest BCUT2D eigenvalue weighted by molar-refractivity contribution is 0.457. The van der Waals surface area contributed by atoms with Crippen molar-refractivity contribution in [1.82, 2.24) is 0 Å². The van der Waals surface area contributed by atoms with Crippen LogP contribution in [0.1, 0.15) is 49.2 Å². The highest BCUT2D eigenvalue weighted by Gasteiger charge is 2.67. The van der Waals surface area contributed by atoms with Crippen LogP contribution in [0.5, 0.6) is 0 Å². The molecule has 1 unspecified atom stereocenters. The van der Waals surface area contributed by atoms with Gasteiger partial charge in [0.15, 0.2) is 0 Å². The van der Waals surface area contributed by atoms with Crippen LogP contribution in [-0.2, 0) is 0 Å². The van der Waals surface area contributed by atoms with E-state index in [1.807, 2.05) is 0 Å². The van der Waals surface area contributed by atoms with E-state index in [1.54, 1.807) is 0 Å². The smallest absolute Gasteiger partial charge is 0.0452 e. The van der Waals surface area contributed by atoms with Gasteiger partial charge in [0.25, 0.3) is 0 Å². The maximum absolute atomic E-state index is 6.42. The largest absolute Gasteiger partial charge is 0.0840 e. The molecule has 1 aromatic rings. The average molecular weight is 330 g/mol. The van der Waals surface area contributed by atoms with E-state index in [0.717, 1.165) is 5.02 Å². The normalized spacial score (nSPS) is 22.9. The minimum Gasteiger partial charge on any atom is -0.0840 e. The summed E-state index contributed by atoms with van der Waals surface area (Å²) in [5, 5.41) is 0.887. The minimum atomic E-state index is 0.342. The first-order valence-electron chi connectivity index (χ1n) is 6.51. The van der Waals surface area contributed by atoms with E-state index in [1.165, 1.54) is 16.7 Å². The summed E-state index contributed by atoms with van der Waals surface area (Å²) in [5.74, 6) is 0.629. The van der Waals surface area contributed by atoms with Crippen molar-refractivity contribution in [3.8, 4) is 0 Å². The zero-order valence-electron chi connectivity index (χ0n) is 12.1. The van der Waals surface area contributed by atoms with Gasteiger partial charge in [-0.3, -0.25) is 0 Å². The molecule has 0 radical (unpaired) electrons. The zero-order valence-corrected chi connectivity index (χ0v) is 14.4. The highest BCUT2D eigenvalue weighted by molar-refractivity contribution is 9.09. The fraction of sp³-hybridized carbons (Fsp3) is 0.625. The summed E-state index contributed by atoms with van der Waals surface area (Å²) in [7, 11) is 0. The third-order valence-corrected chi connectivity index (χ3v) is 6.68. The molecule has 0 bridgehead atoms. The van der Waals surface area contributed by atoms with Gasteiger partial charge in [0, 0.05) is 9.85 Å². The molecule has 0 heterocycles. The number of hydrogen-bond acceptors (Lipinski definition) is 0. The number of alkyl halides is 1. The van der Waals surface area contributed by atoms with Crippen molar-refractivity contribution in [1.29, 1.82) is 0 Å². The molecule has 1 aromatic carbocycles. The summed E-state index contributed by atoms with van der Waals surface area (Å²) < 4.78 is 0. The molecular weight excluding hydrogens is 308 g/mol. The van der Waals surface area contributed by atoms with E-state index in [0.29, 0.717) is 21.6 Å². The SMILES string of the molecule is Cc1cc(Cl)c(C(Br)C2C(C)(C)C2(C)C)cc1C. The van der Waals surface area contributed by atoms with E-state index in [2.05, 4.69) is 69.6 Å². The minimum absolute atomic E-state index is 0.342. The van der Waals surface area contributed by atoms with Crippen LogP contribution in [0, 0.1) is 30.6 Å². The Labute approximate surface area is 124 Å². The first-order valence-corrected chi connectivity index (χ1v) is 7.80. The quantitative estimate of drug-likeness (QED) is 0.577. The molecule has 0 amide bonds. The van der Waals surface area contributed by atoms with Crippen molar-refractivity contribution in [2.24, 2.45) is 16.7 Å². The van der Waals surface area contributed by atoms with Gasteiger partial charge >= 0.3 is 0 Å². The van der Waals surface area contributed by atoms with Gasteiger partial charge in [-0.2, -0.15) is 0 Å². The summed E-state index contributed by atoms with van der Waals surface area (Å²) in [6.07, 6.45) is 0. The highest BCUT2D eigenvalue weighted by Crippen LogP contribution is 2.74. The van der Waals surface area contributed by atoms with Crippen LogP contribution >= 0.6 is 27.5 Å². The Morgan fingerprint density at radius 1 is 1.06 bits per heavy atom. The Bertz CT molecular complexity index is 474. The van der Waals surface area contributed by atoms with Gasteiger partial charge in [-0.05, 0) is 53.4 Å². The lowest BCUT2D eigenvalue weighted by Crippen LogP contribution is -2.01. The van der Waals surface area contributed by atoms with E-state index in [9.17, 15) is 0 Å². The number of halogens is 2. The molecule has 1 atom stereocenters. The van der Waals surface area contributed by atoms with Crippen LogP contribution in [0.4, 0.5) is 0 Å². The molecule has 0 aromatic heterocycles. The van der Waals surface area contributed by atoms with Gasteiger partial charge in [0.05, 0.1) is 0 Å². The van der Waals surface area contributed by atoms with Crippen LogP contribution in [0.15, 0.2) is 12.1 Å². The molecule has 2 rings (SSSR count). The maximum Gasteiger partial charge on any atom is 0.0452 e. The summed E-state index contributed by atoms with van der Waals surface area (Å²) >= 11 is 10.3. The molecule has 18 heavy (non-hydrogen) atoms. The second-order valence-electron chi connectivity index (χ2n) is 6.78. The molecule has 0 nitrogen and oxygen atoms in total. The Balaban J connectivity index is 2.37. The molecule has 0 saturated heterocycles. The molecule has 2 heteroatoms. The van der Waals surface area contributed by atoms with E-state index in [-0.39, 0.29) is 0 Å². The van der Waals surface area contributed by atoms with Crippen LogP contribution in [0.25, 0.3) is 0 Å². The fourth-order valence-electron chi connectivity index (χ4n) is 3.17. The van der Waals surface area contributed by atoms with Crippen molar-refractivity contribution in [3.05, 3.63) is 33.8 Å². The third kappa shape index (κ3) is 1.94. The molecule has 1 aliphatic rings. The average Bonchev–Trinajstić information content (AvgIpc) is 2.62. The predicted octanol–water partition coefficient (Wildman–Crippen LogP) is 6.08. The Kier molecular flexibility index (Phi) is 3.40. The number of benzene rings is 1. The molecule has 1 aliphatic carbocycles. The summed E-state index contributed by atoms with van der Waals surface area (Å²) in [4.78, 5) is 0.342. The topological polar surface area (TPSA) is 0 Å². The molecule has 100 valence electrons. The van der Waals surface area contributed by atoms with Crippen LogP contribution < -0.4 is 0 Å². The third-order valence-electron chi connectivity index (χ3n) is 5.34. The van der Waals surface area contributed by atoms with Crippen molar-refractivity contribution in [2.45, 2.75) is 46.4 Å². The lowest BCUT2D eigenvalue weighted by Gasteiger charge is -2.16. The first-order chi connectivity index (χ1) is 8.10. The number of hydrogen-bond donors (Lipinski definition) is 0. The van der Waals surface area contributed by atoms with Gasteiger partial charge in [0.2, 0.25) is 0 Å². The van der Waals surface area contributed by atoms with Crippen molar-refractivity contribution in [3.63, 3.8) is 0 Å². The van der Waals surface area contributed by atoms with Gasteiger partial charge in [-0.1, -0.05) is 61.3 Å². The van der Waals surface area contributed by atoms with E-state index in [4.69, 9.17) is 11.6 Å². The summed E-state index contributed by atoms with van der Waals surface area (Å²) in [6.45, 7) is 13.7. The second-order valence-corrected chi connectivity index (χ2v) is 8.17. The van der Waals surface area contributed by atoms with Crippen molar-refractivity contribution < 1.29 is 0 Å². The summed E-state index contributed by atoms with van der Waals surface area (Å²) in [5.41, 5.74) is 4.54. The van der Waals surface area contributed by atoms with Gasteiger partial charge < -0.3 is 0 Å². The molecule has 0 spiro atoms.